The predicted octanol–water partition coefficient (Wildman–Crippen LogP) is 1.88. The molecule has 0 bridgehead atoms. The third kappa shape index (κ3) is 5.59. The molecule has 19 heavy (non-hydrogen) atoms. The molecule has 6 heteroatoms. The molecule has 0 fully saturated rings. The maximum atomic E-state index is 11.9. The second-order valence-electron chi connectivity index (χ2n) is 4.18. The van der Waals surface area contributed by atoms with Crippen molar-refractivity contribution in [1.82, 2.24) is 4.72 Å². The molecule has 5 nitrogen and oxygen atoms in total. The number of phenols is 1. The topological polar surface area (TPSA) is 75.6 Å². The first kappa shape index (κ1) is 15.9. The van der Waals surface area contributed by atoms with E-state index in [1.807, 2.05) is 0 Å². The standard InChI is InChI=1S/C13H21NO4S/c1-2-3-10-18-11-6-9-14-19(16,17)13-8-5-4-7-12(13)15/h4-5,7-8,14-15H,2-3,6,9-11H2,1H3. The second-order valence-corrected chi connectivity index (χ2v) is 5.92. The Morgan fingerprint density at radius 2 is 1.89 bits per heavy atom. The highest BCUT2D eigenvalue weighted by Gasteiger charge is 2.16. The predicted molar refractivity (Wildman–Crippen MR) is 73.6 cm³/mol. The molecule has 0 spiro atoms. The van der Waals surface area contributed by atoms with Gasteiger partial charge in [-0.1, -0.05) is 25.5 Å². The molecule has 0 saturated heterocycles. The van der Waals surface area contributed by atoms with E-state index in [1.165, 1.54) is 12.1 Å². The van der Waals surface area contributed by atoms with E-state index in [4.69, 9.17) is 4.74 Å². The van der Waals surface area contributed by atoms with Crippen molar-refractivity contribution in [2.45, 2.75) is 31.1 Å². The molecule has 1 rings (SSSR count). The minimum Gasteiger partial charge on any atom is -0.507 e. The van der Waals surface area contributed by atoms with Crippen LogP contribution in [0.4, 0.5) is 0 Å². The zero-order valence-electron chi connectivity index (χ0n) is 11.1. The second kappa shape index (κ2) is 8.14. The van der Waals surface area contributed by atoms with Crippen LogP contribution in [-0.4, -0.2) is 33.3 Å². The number of benzene rings is 1. The number of phenolic OH excluding ortho intramolecular Hbond substituents is 1. The van der Waals surface area contributed by atoms with E-state index < -0.39 is 10.0 Å². The molecule has 0 aliphatic heterocycles. The fourth-order valence-electron chi connectivity index (χ4n) is 1.49. The van der Waals surface area contributed by atoms with Crippen molar-refractivity contribution in [3.8, 4) is 5.75 Å². The zero-order valence-corrected chi connectivity index (χ0v) is 11.9. The average Bonchev–Trinajstić information content (AvgIpc) is 2.38. The number of ether oxygens (including phenoxy) is 1. The van der Waals surface area contributed by atoms with E-state index >= 15 is 0 Å². The Morgan fingerprint density at radius 3 is 2.58 bits per heavy atom. The highest BCUT2D eigenvalue weighted by Crippen LogP contribution is 2.20. The highest BCUT2D eigenvalue weighted by atomic mass is 32.2. The van der Waals surface area contributed by atoms with Crippen molar-refractivity contribution in [2.75, 3.05) is 19.8 Å². The summed E-state index contributed by atoms with van der Waals surface area (Å²) < 4.78 is 31.5. The van der Waals surface area contributed by atoms with E-state index in [1.54, 1.807) is 12.1 Å². The molecule has 0 aliphatic rings. The molecule has 0 heterocycles. The summed E-state index contributed by atoms with van der Waals surface area (Å²) in [5.74, 6) is -0.241. The lowest BCUT2D eigenvalue weighted by Gasteiger charge is -2.08. The largest absolute Gasteiger partial charge is 0.507 e. The normalized spacial score (nSPS) is 11.6. The van der Waals surface area contributed by atoms with Crippen molar-refractivity contribution in [3.05, 3.63) is 24.3 Å². The van der Waals surface area contributed by atoms with Crippen LogP contribution in [0.2, 0.25) is 0 Å². The van der Waals surface area contributed by atoms with Gasteiger partial charge in [-0.05, 0) is 25.0 Å². The van der Waals surface area contributed by atoms with Crippen LogP contribution < -0.4 is 4.72 Å². The number of hydrogen-bond acceptors (Lipinski definition) is 4. The van der Waals surface area contributed by atoms with E-state index in [2.05, 4.69) is 11.6 Å². The molecule has 108 valence electrons. The van der Waals surface area contributed by atoms with Crippen molar-refractivity contribution in [3.63, 3.8) is 0 Å². The summed E-state index contributed by atoms with van der Waals surface area (Å²) in [4.78, 5) is -0.0955. The number of hydrogen-bond donors (Lipinski definition) is 2. The van der Waals surface area contributed by atoms with E-state index in [9.17, 15) is 13.5 Å². The molecule has 0 radical (unpaired) electrons. The maximum absolute atomic E-state index is 11.9. The van der Waals surface area contributed by atoms with Crippen molar-refractivity contribution in [1.29, 1.82) is 0 Å². The average molecular weight is 287 g/mol. The first-order chi connectivity index (χ1) is 9.08. The number of rotatable bonds is 9. The molecular formula is C13H21NO4S. The first-order valence-corrected chi connectivity index (χ1v) is 7.91. The number of para-hydroxylation sites is 1. The van der Waals surface area contributed by atoms with Gasteiger partial charge in [0, 0.05) is 19.8 Å². The number of aromatic hydroxyl groups is 1. The Hall–Kier alpha value is -1.11. The Kier molecular flexibility index (Phi) is 6.83. The van der Waals surface area contributed by atoms with Crippen LogP contribution in [0, 0.1) is 0 Å². The van der Waals surface area contributed by atoms with Crippen LogP contribution in [0.3, 0.4) is 0 Å². The van der Waals surface area contributed by atoms with Crippen LogP contribution in [0.5, 0.6) is 5.75 Å². The lowest BCUT2D eigenvalue weighted by atomic mass is 10.3. The molecule has 0 saturated carbocycles. The van der Waals surface area contributed by atoms with E-state index in [-0.39, 0.29) is 10.6 Å². The van der Waals surface area contributed by atoms with Crippen molar-refractivity contribution < 1.29 is 18.3 Å². The zero-order chi connectivity index (χ0) is 14.1. The lowest BCUT2D eigenvalue weighted by molar-refractivity contribution is 0.130. The van der Waals surface area contributed by atoms with Gasteiger partial charge in [0.1, 0.15) is 10.6 Å². The maximum Gasteiger partial charge on any atom is 0.244 e. The number of nitrogens with one attached hydrogen (secondary N) is 1. The Morgan fingerprint density at radius 1 is 1.21 bits per heavy atom. The van der Waals surface area contributed by atoms with Gasteiger partial charge in [-0.25, -0.2) is 13.1 Å². The van der Waals surface area contributed by atoms with Gasteiger partial charge < -0.3 is 9.84 Å². The molecule has 0 unspecified atom stereocenters. The van der Waals surface area contributed by atoms with Crippen LogP contribution >= 0.6 is 0 Å². The summed E-state index contributed by atoms with van der Waals surface area (Å²) in [7, 11) is -3.64. The van der Waals surface area contributed by atoms with Gasteiger partial charge in [0.25, 0.3) is 0 Å². The fourth-order valence-corrected chi connectivity index (χ4v) is 2.66. The first-order valence-electron chi connectivity index (χ1n) is 6.43. The highest BCUT2D eigenvalue weighted by molar-refractivity contribution is 7.89. The molecule has 0 atom stereocenters. The van der Waals surface area contributed by atoms with Crippen LogP contribution in [0.1, 0.15) is 26.2 Å². The number of unbranched alkanes of at least 4 members (excludes halogenated alkanes) is 1. The van der Waals surface area contributed by atoms with Crippen molar-refractivity contribution >= 4 is 10.0 Å². The Bertz CT molecular complexity index is 473. The minimum absolute atomic E-state index is 0.0955. The summed E-state index contributed by atoms with van der Waals surface area (Å²) in [6.07, 6.45) is 2.71. The molecule has 1 aromatic rings. The molecule has 0 aromatic heterocycles. The smallest absolute Gasteiger partial charge is 0.244 e. The van der Waals surface area contributed by atoms with Gasteiger partial charge in [-0.15, -0.1) is 0 Å². The molecule has 2 N–H and O–H groups in total. The Balaban J connectivity index is 2.34. The SMILES string of the molecule is CCCCOCCCNS(=O)(=O)c1ccccc1O. The van der Waals surface area contributed by atoms with Gasteiger partial charge in [-0.3, -0.25) is 0 Å². The summed E-state index contributed by atoms with van der Waals surface area (Å²) in [6, 6.07) is 5.87. The summed E-state index contributed by atoms with van der Waals surface area (Å²) in [5, 5.41) is 9.50. The molecule has 1 aromatic carbocycles. The van der Waals surface area contributed by atoms with E-state index in [0.29, 0.717) is 26.2 Å². The van der Waals surface area contributed by atoms with Gasteiger partial charge in [0.2, 0.25) is 10.0 Å². The van der Waals surface area contributed by atoms with E-state index in [0.717, 1.165) is 12.8 Å². The van der Waals surface area contributed by atoms with Crippen LogP contribution in [-0.2, 0) is 14.8 Å². The molecular weight excluding hydrogens is 266 g/mol. The lowest BCUT2D eigenvalue weighted by Crippen LogP contribution is -2.25. The fraction of sp³-hybridized carbons (Fsp3) is 0.538. The third-order valence-corrected chi connectivity index (χ3v) is 4.06. The minimum atomic E-state index is -3.64. The molecule has 0 amide bonds. The molecule has 0 aliphatic carbocycles. The monoisotopic (exact) mass is 287 g/mol. The van der Waals surface area contributed by atoms with Gasteiger partial charge in [-0.2, -0.15) is 0 Å². The van der Waals surface area contributed by atoms with Crippen LogP contribution in [0.25, 0.3) is 0 Å². The quantitative estimate of drug-likeness (QED) is 0.680. The number of sulfonamides is 1. The summed E-state index contributed by atoms with van der Waals surface area (Å²) in [5.41, 5.74) is 0. The summed E-state index contributed by atoms with van der Waals surface area (Å²) >= 11 is 0. The van der Waals surface area contributed by atoms with Crippen LogP contribution in [0.15, 0.2) is 29.2 Å². The Labute approximate surface area is 114 Å². The third-order valence-electron chi connectivity index (χ3n) is 2.55. The van der Waals surface area contributed by atoms with Gasteiger partial charge >= 0.3 is 0 Å². The summed E-state index contributed by atoms with van der Waals surface area (Å²) in [6.45, 7) is 3.62. The van der Waals surface area contributed by atoms with Gasteiger partial charge in [0.15, 0.2) is 0 Å². The van der Waals surface area contributed by atoms with Crippen molar-refractivity contribution in [2.24, 2.45) is 0 Å². The van der Waals surface area contributed by atoms with Gasteiger partial charge in [0.05, 0.1) is 0 Å².